The van der Waals surface area contributed by atoms with Crippen LogP contribution in [0.25, 0.3) is 10.9 Å². The molecule has 1 aromatic heterocycles. The van der Waals surface area contributed by atoms with E-state index in [2.05, 4.69) is 18.8 Å². The summed E-state index contributed by atoms with van der Waals surface area (Å²) in [5, 5.41) is 0.135. The molecule has 2 rings (SSSR count). The maximum atomic E-state index is 12.8. The summed E-state index contributed by atoms with van der Waals surface area (Å²) in [5.74, 6) is 0.981. The molecular weight excluding hydrogens is 303 g/mol. The third-order valence-corrected chi connectivity index (χ3v) is 3.36. The second-order valence-corrected chi connectivity index (χ2v) is 5.59. The fraction of sp³-hybridized carbons (Fsp3) is 0.400. The van der Waals surface area contributed by atoms with E-state index in [0.717, 1.165) is 12.5 Å². The minimum atomic E-state index is -4.50. The van der Waals surface area contributed by atoms with E-state index in [0.29, 0.717) is 23.7 Å². The molecule has 0 radical (unpaired) electrons. The summed E-state index contributed by atoms with van der Waals surface area (Å²) in [5.41, 5.74) is -0.669. The summed E-state index contributed by atoms with van der Waals surface area (Å²) >= 11 is 5.74. The number of ether oxygens (including phenoxy) is 1. The fourth-order valence-corrected chi connectivity index (χ4v) is 2.16. The van der Waals surface area contributed by atoms with E-state index in [4.69, 9.17) is 16.3 Å². The van der Waals surface area contributed by atoms with Gasteiger partial charge in [-0.2, -0.15) is 13.2 Å². The van der Waals surface area contributed by atoms with Gasteiger partial charge in [0.15, 0.2) is 0 Å². The van der Waals surface area contributed by atoms with E-state index in [1.165, 1.54) is 12.3 Å². The van der Waals surface area contributed by atoms with Crippen molar-refractivity contribution in [3.8, 4) is 5.75 Å². The highest BCUT2D eigenvalue weighted by Crippen LogP contribution is 2.38. The Morgan fingerprint density at radius 3 is 2.62 bits per heavy atom. The van der Waals surface area contributed by atoms with Crippen molar-refractivity contribution in [2.24, 2.45) is 5.92 Å². The highest BCUT2D eigenvalue weighted by atomic mass is 35.5. The second-order valence-electron chi connectivity index (χ2n) is 5.19. The second kappa shape index (κ2) is 6.10. The van der Waals surface area contributed by atoms with Gasteiger partial charge in [0.2, 0.25) is 0 Å². The summed E-state index contributed by atoms with van der Waals surface area (Å²) in [6.45, 7) is 4.64. The smallest absolute Gasteiger partial charge is 0.417 e. The third-order valence-electron chi connectivity index (χ3n) is 3.05. The van der Waals surface area contributed by atoms with E-state index in [1.54, 1.807) is 6.07 Å². The Morgan fingerprint density at radius 2 is 2.00 bits per heavy atom. The van der Waals surface area contributed by atoms with Crippen LogP contribution < -0.4 is 4.74 Å². The van der Waals surface area contributed by atoms with Crippen molar-refractivity contribution >= 4 is 22.5 Å². The number of pyridine rings is 1. The predicted molar refractivity (Wildman–Crippen MR) is 76.7 cm³/mol. The first-order valence-electron chi connectivity index (χ1n) is 6.57. The highest BCUT2D eigenvalue weighted by Gasteiger charge is 2.33. The van der Waals surface area contributed by atoms with E-state index >= 15 is 0 Å². The van der Waals surface area contributed by atoms with Crippen LogP contribution in [-0.2, 0) is 6.18 Å². The Kier molecular flexibility index (Phi) is 4.61. The van der Waals surface area contributed by atoms with Crippen molar-refractivity contribution in [2.45, 2.75) is 26.4 Å². The third kappa shape index (κ3) is 3.79. The van der Waals surface area contributed by atoms with Gasteiger partial charge in [-0.3, -0.25) is 4.98 Å². The lowest BCUT2D eigenvalue weighted by Gasteiger charge is -2.13. The van der Waals surface area contributed by atoms with Crippen LogP contribution >= 0.6 is 11.6 Å². The summed E-state index contributed by atoms with van der Waals surface area (Å²) in [6.07, 6.45) is -2.21. The van der Waals surface area contributed by atoms with Crippen molar-refractivity contribution in [1.82, 2.24) is 4.98 Å². The predicted octanol–water partition coefficient (Wildman–Crippen LogP) is 5.33. The van der Waals surface area contributed by atoms with Gasteiger partial charge in [0.1, 0.15) is 5.75 Å². The van der Waals surface area contributed by atoms with Gasteiger partial charge in [-0.1, -0.05) is 25.4 Å². The van der Waals surface area contributed by atoms with Gasteiger partial charge in [-0.25, -0.2) is 0 Å². The Hall–Kier alpha value is -1.49. The molecule has 0 N–H and O–H groups in total. The number of halogens is 4. The first-order chi connectivity index (χ1) is 9.79. The maximum Gasteiger partial charge on any atom is 0.417 e. The van der Waals surface area contributed by atoms with Crippen molar-refractivity contribution in [3.05, 3.63) is 35.0 Å². The molecule has 2 nitrogen and oxygen atoms in total. The monoisotopic (exact) mass is 317 g/mol. The zero-order valence-electron chi connectivity index (χ0n) is 11.7. The lowest BCUT2D eigenvalue weighted by molar-refractivity contribution is -0.137. The van der Waals surface area contributed by atoms with E-state index in [1.807, 2.05) is 0 Å². The summed E-state index contributed by atoms with van der Waals surface area (Å²) in [6, 6.07) is 3.84. The molecule has 0 unspecified atom stereocenters. The Bertz CT molecular complexity index is 641. The lowest BCUT2D eigenvalue weighted by Crippen LogP contribution is -2.06. The number of nitrogens with zero attached hydrogens (tertiary/aromatic N) is 1. The van der Waals surface area contributed by atoms with Gasteiger partial charge in [-0.05, 0) is 30.5 Å². The summed E-state index contributed by atoms with van der Waals surface area (Å²) in [7, 11) is 0. The average Bonchev–Trinajstić information content (AvgIpc) is 2.37. The number of alkyl halides is 3. The van der Waals surface area contributed by atoms with Gasteiger partial charge in [-0.15, -0.1) is 0 Å². The quantitative estimate of drug-likeness (QED) is 0.760. The number of aromatic nitrogens is 1. The summed E-state index contributed by atoms with van der Waals surface area (Å²) < 4.78 is 44.1. The molecular formula is C15H15ClF3NO. The van der Waals surface area contributed by atoms with Crippen molar-refractivity contribution in [2.75, 3.05) is 6.61 Å². The molecule has 0 bridgehead atoms. The van der Waals surface area contributed by atoms with Crippen molar-refractivity contribution in [1.29, 1.82) is 0 Å². The van der Waals surface area contributed by atoms with Gasteiger partial charge in [0.05, 0.1) is 22.7 Å². The maximum absolute atomic E-state index is 12.8. The molecule has 0 aliphatic rings. The van der Waals surface area contributed by atoms with Crippen molar-refractivity contribution < 1.29 is 17.9 Å². The van der Waals surface area contributed by atoms with Gasteiger partial charge in [0, 0.05) is 11.6 Å². The zero-order chi connectivity index (χ0) is 15.6. The van der Waals surface area contributed by atoms with Gasteiger partial charge >= 0.3 is 6.18 Å². The lowest BCUT2D eigenvalue weighted by atomic mass is 10.1. The van der Waals surface area contributed by atoms with E-state index in [-0.39, 0.29) is 10.5 Å². The van der Waals surface area contributed by atoms with Crippen LogP contribution in [-0.4, -0.2) is 11.6 Å². The first kappa shape index (κ1) is 15.9. The molecule has 114 valence electrons. The standard InChI is InChI=1S/C15H15ClF3NO/c1-9(2)4-6-21-14-3-5-20-13-8-11(15(17,18)19)12(16)7-10(13)14/h3,5,7-9H,4,6H2,1-2H3. The van der Waals surface area contributed by atoms with Gasteiger partial charge in [0.25, 0.3) is 0 Å². The average molecular weight is 318 g/mol. The first-order valence-corrected chi connectivity index (χ1v) is 6.95. The van der Waals surface area contributed by atoms with E-state index in [9.17, 15) is 13.2 Å². The van der Waals surface area contributed by atoms with Crippen LogP contribution in [0, 0.1) is 5.92 Å². The number of hydrogen-bond acceptors (Lipinski definition) is 2. The Labute approximate surface area is 125 Å². The molecule has 0 aliphatic carbocycles. The molecule has 0 fully saturated rings. The zero-order valence-corrected chi connectivity index (χ0v) is 12.4. The molecule has 6 heteroatoms. The molecule has 0 atom stereocenters. The van der Waals surface area contributed by atoms with Crippen LogP contribution in [0.2, 0.25) is 5.02 Å². The number of benzene rings is 1. The Balaban J connectivity index is 2.39. The molecule has 0 spiro atoms. The minimum Gasteiger partial charge on any atom is -0.493 e. The largest absolute Gasteiger partial charge is 0.493 e. The molecule has 0 aliphatic heterocycles. The van der Waals surface area contributed by atoms with Crippen LogP contribution in [0.5, 0.6) is 5.75 Å². The molecule has 21 heavy (non-hydrogen) atoms. The summed E-state index contributed by atoms with van der Waals surface area (Å²) in [4.78, 5) is 3.96. The van der Waals surface area contributed by atoms with E-state index < -0.39 is 11.7 Å². The minimum absolute atomic E-state index is 0.216. The molecule has 0 saturated heterocycles. The number of fused-ring (bicyclic) bond motifs is 1. The normalized spacial score (nSPS) is 12.1. The molecule has 0 saturated carbocycles. The fourth-order valence-electron chi connectivity index (χ4n) is 1.89. The topological polar surface area (TPSA) is 22.1 Å². The molecule has 2 aromatic rings. The Morgan fingerprint density at radius 1 is 1.29 bits per heavy atom. The molecule has 1 aromatic carbocycles. The van der Waals surface area contributed by atoms with Crippen LogP contribution in [0.15, 0.2) is 24.4 Å². The highest BCUT2D eigenvalue weighted by molar-refractivity contribution is 6.32. The van der Waals surface area contributed by atoms with Crippen LogP contribution in [0.3, 0.4) is 0 Å². The van der Waals surface area contributed by atoms with Gasteiger partial charge < -0.3 is 4.74 Å². The number of hydrogen-bond donors (Lipinski definition) is 0. The molecule has 1 heterocycles. The van der Waals surface area contributed by atoms with Crippen molar-refractivity contribution in [3.63, 3.8) is 0 Å². The molecule has 0 amide bonds. The number of rotatable bonds is 4. The van der Waals surface area contributed by atoms with Crippen LogP contribution in [0.4, 0.5) is 13.2 Å². The SMILES string of the molecule is CC(C)CCOc1ccnc2cc(C(F)(F)F)c(Cl)cc12. The van der Waals surface area contributed by atoms with Crippen LogP contribution in [0.1, 0.15) is 25.8 Å².